The highest BCUT2D eigenvalue weighted by Gasteiger charge is 2.20. The summed E-state index contributed by atoms with van der Waals surface area (Å²) in [5.41, 5.74) is 2.76. The molecule has 1 unspecified atom stereocenters. The SMILES string of the molecule is CCc1nc2c(n1CC(C)C(C)C)CCNC2. The molecule has 2 rings (SSSR count). The molecule has 2 heterocycles. The zero-order chi connectivity index (χ0) is 12.4. The molecule has 0 bridgehead atoms. The molecule has 1 aromatic rings. The lowest BCUT2D eigenvalue weighted by Crippen LogP contribution is -2.26. The van der Waals surface area contributed by atoms with Crippen LogP contribution in [0.25, 0.3) is 0 Å². The van der Waals surface area contributed by atoms with Gasteiger partial charge < -0.3 is 9.88 Å². The zero-order valence-corrected chi connectivity index (χ0v) is 11.6. The maximum absolute atomic E-state index is 4.78. The van der Waals surface area contributed by atoms with Gasteiger partial charge in [0.25, 0.3) is 0 Å². The lowest BCUT2D eigenvalue weighted by Gasteiger charge is -2.21. The van der Waals surface area contributed by atoms with Gasteiger partial charge in [0, 0.05) is 38.2 Å². The molecule has 0 saturated heterocycles. The largest absolute Gasteiger partial charge is 0.331 e. The van der Waals surface area contributed by atoms with Crippen LogP contribution in [-0.4, -0.2) is 16.1 Å². The van der Waals surface area contributed by atoms with Gasteiger partial charge in [0.05, 0.1) is 5.69 Å². The summed E-state index contributed by atoms with van der Waals surface area (Å²) in [6.45, 7) is 12.3. The van der Waals surface area contributed by atoms with Crippen molar-refractivity contribution < 1.29 is 0 Å². The van der Waals surface area contributed by atoms with E-state index in [2.05, 4.69) is 37.6 Å². The van der Waals surface area contributed by atoms with Gasteiger partial charge in [-0.1, -0.05) is 27.7 Å². The van der Waals surface area contributed by atoms with Crippen LogP contribution < -0.4 is 5.32 Å². The maximum Gasteiger partial charge on any atom is 0.108 e. The Morgan fingerprint density at radius 1 is 1.35 bits per heavy atom. The Labute approximate surface area is 105 Å². The average Bonchev–Trinajstić information content (AvgIpc) is 2.67. The second kappa shape index (κ2) is 5.21. The summed E-state index contributed by atoms with van der Waals surface area (Å²) >= 11 is 0. The Bertz CT molecular complexity index is 379. The molecule has 0 aromatic carbocycles. The maximum atomic E-state index is 4.78. The van der Waals surface area contributed by atoms with Crippen molar-refractivity contribution in [1.29, 1.82) is 0 Å². The van der Waals surface area contributed by atoms with Crippen LogP contribution in [0.1, 0.15) is 44.9 Å². The molecule has 3 heteroatoms. The van der Waals surface area contributed by atoms with Gasteiger partial charge in [0.1, 0.15) is 5.82 Å². The minimum absolute atomic E-state index is 0.716. The highest BCUT2D eigenvalue weighted by Crippen LogP contribution is 2.21. The molecule has 0 aliphatic carbocycles. The van der Waals surface area contributed by atoms with E-state index in [1.165, 1.54) is 17.2 Å². The molecule has 0 fully saturated rings. The van der Waals surface area contributed by atoms with Gasteiger partial charge in [-0.05, 0) is 11.8 Å². The third kappa shape index (κ3) is 2.54. The second-order valence-electron chi connectivity index (χ2n) is 5.53. The molecular weight excluding hydrogens is 210 g/mol. The van der Waals surface area contributed by atoms with Gasteiger partial charge in [-0.25, -0.2) is 4.98 Å². The van der Waals surface area contributed by atoms with E-state index in [0.717, 1.165) is 38.4 Å². The molecule has 1 N–H and O–H groups in total. The van der Waals surface area contributed by atoms with Crippen molar-refractivity contribution in [2.24, 2.45) is 11.8 Å². The molecule has 1 atom stereocenters. The lowest BCUT2D eigenvalue weighted by atomic mass is 9.98. The fourth-order valence-corrected chi connectivity index (χ4v) is 2.41. The molecule has 0 saturated carbocycles. The van der Waals surface area contributed by atoms with Crippen molar-refractivity contribution >= 4 is 0 Å². The smallest absolute Gasteiger partial charge is 0.108 e. The number of hydrogen-bond donors (Lipinski definition) is 1. The predicted molar refractivity (Wildman–Crippen MR) is 71.0 cm³/mol. The number of aromatic nitrogens is 2. The number of hydrogen-bond acceptors (Lipinski definition) is 2. The van der Waals surface area contributed by atoms with Crippen LogP contribution in [0.5, 0.6) is 0 Å². The topological polar surface area (TPSA) is 29.9 Å². The molecule has 17 heavy (non-hydrogen) atoms. The first kappa shape index (κ1) is 12.6. The Balaban J connectivity index is 2.27. The van der Waals surface area contributed by atoms with E-state index in [4.69, 9.17) is 4.98 Å². The van der Waals surface area contributed by atoms with Gasteiger partial charge >= 0.3 is 0 Å². The molecule has 1 aromatic heterocycles. The van der Waals surface area contributed by atoms with Crippen molar-refractivity contribution in [3.8, 4) is 0 Å². The number of fused-ring (bicyclic) bond motifs is 1. The van der Waals surface area contributed by atoms with Gasteiger partial charge in [-0.15, -0.1) is 0 Å². The summed E-state index contributed by atoms with van der Waals surface area (Å²) in [6.07, 6.45) is 2.17. The van der Waals surface area contributed by atoms with Crippen LogP contribution in [0.3, 0.4) is 0 Å². The summed E-state index contributed by atoms with van der Waals surface area (Å²) < 4.78 is 2.49. The minimum Gasteiger partial charge on any atom is -0.331 e. The highest BCUT2D eigenvalue weighted by atomic mass is 15.1. The van der Waals surface area contributed by atoms with E-state index in [9.17, 15) is 0 Å². The lowest BCUT2D eigenvalue weighted by molar-refractivity contribution is 0.354. The number of nitrogens with one attached hydrogen (secondary N) is 1. The fraction of sp³-hybridized carbons (Fsp3) is 0.786. The molecule has 0 radical (unpaired) electrons. The van der Waals surface area contributed by atoms with Crippen LogP contribution in [0.4, 0.5) is 0 Å². The highest BCUT2D eigenvalue weighted by molar-refractivity contribution is 5.20. The molecule has 3 nitrogen and oxygen atoms in total. The summed E-state index contributed by atoms with van der Waals surface area (Å²) in [7, 11) is 0. The molecule has 1 aliphatic heterocycles. The Morgan fingerprint density at radius 2 is 2.12 bits per heavy atom. The summed E-state index contributed by atoms with van der Waals surface area (Å²) in [5.74, 6) is 2.72. The standard InChI is InChI=1S/C14H25N3/c1-5-14-16-12-8-15-7-6-13(12)17(14)9-11(4)10(2)3/h10-11,15H,5-9H2,1-4H3. The van der Waals surface area contributed by atoms with Crippen LogP contribution in [-0.2, 0) is 25.9 Å². The van der Waals surface area contributed by atoms with E-state index in [1.807, 2.05) is 0 Å². The van der Waals surface area contributed by atoms with E-state index in [1.54, 1.807) is 0 Å². The zero-order valence-electron chi connectivity index (χ0n) is 11.6. The van der Waals surface area contributed by atoms with Crippen LogP contribution in [0.15, 0.2) is 0 Å². The van der Waals surface area contributed by atoms with Gasteiger partial charge in [-0.3, -0.25) is 0 Å². The quantitative estimate of drug-likeness (QED) is 0.868. The normalized spacial score (nSPS) is 17.2. The van der Waals surface area contributed by atoms with E-state index >= 15 is 0 Å². The Kier molecular flexibility index (Phi) is 3.87. The number of imidazole rings is 1. The summed E-state index contributed by atoms with van der Waals surface area (Å²) in [4.78, 5) is 4.78. The second-order valence-corrected chi connectivity index (χ2v) is 5.53. The molecule has 96 valence electrons. The van der Waals surface area contributed by atoms with Crippen molar-refractivity contribution in [1.82, 2.24) is 14.9 Å². The third-order valence-electron chi connectivity index (χ3n) is 3.99. The monoisotopic (exact) mass is 235 g/mol. The molecule has 0 amide bonds. The van der Waals surface area contributed by atoms with Crippen LogP contribution in [0, 0.1) is 11.8 Å². The summed E-state index contributed by atoms with van der Waals surface area (Å²) in [5, 5.41) is 3.41. The van der Waals surface area contributed by atoms with E-state index < -0.39 is 0 Å². The fourth-order valence-electron chi connectivity index (χ4n) is 2.41. The number of nitrogens with zero attached hydrogens (tertiary/aromatic N) is 2. The predicted octanol–water partition coefficient (Wildman–Crippen LogP) is 2.38. The Hall–Kier alpha value is -0.830. The molecule has 1 aliphatic rings. The van der Waals surface area contributed by atoms with Crippen molar-refractivity contribution in [2.75, 3.05) is 6.54 Å². The van der Waals surface area contributed by atoms with Crippen LogP contribution >= 0.6 is 0 Å². The number of rotatable bonds is 4. The van der Waals surface area contributed by atoms with E-state index in [0.29, 0.717) is 5.92 Å². The third-order valence-corrected chi connectivity index (χ3v) is 3.99. The van der Waals surface area contributed by atoms with Crippen molar-refractivity contribution in [2.45, 2.75) is 53.6 Å². The van der Waals surface area contributed by atoms with E-state index in [-0.39, 0.29) is 0 Å². The first-order chi connectivity index (χ1) is 8.13. The van der Waals surface area contributed by atoms with Gasteiger partial charge in [0.2, 0.25) is 0 Å². The summed E-state index contributed by atoms with van der Waals surface area (Å²) in [6, 6.07) is 0. The Morgan fingerprint density at radius 3 is 2.76 bits per heavy atom. The first-order valence-corrected chi connectivity index (χ1v) is 6.91. The number of aryl methyl sites for hydroxylation is 1. The van der Waals surface area contributed by atoms with Crippen molar-refractivity contribution in [3.63, 3.8) is 0 Å². The minimum atomic E-state index is 0.716. The molecular formula is C14H25N3. The average molecular weight is 235 g/mol. The van der Waals surface area contributed by atoms with Gasteiger partial charge in [-0.2, -0.15) is 0 Å². The van der Waals surface area contributed by atoms with Crippen molar-refractivity contribution in [3.05, 3.63) is 17.2 Å². The van der Waals surface area contributed by atoms with Crippen LogP contribution in [0.2, 0.25) is 0 Å². The first-order valence-electron chi connectivity index (χ1n) is 6.91. The van der Waals surface area contributed by atoms with Gasteiger partial charge in [0.15, 0.2) is 0 Å². The molecule has 0 spiro atoms.